The van der Waals surface area contributed by atoms with Gasteiger partial charge in [-0.05, 0) is 48.0 Å². The van der Waals surface area contributed by atoms with Gasteiger partial charge in [0, 0.05) is 11.6 Å². The van der Waals surface area contributed by atoms with Gasteiger partial charge < -0.3 is 9.52 Å². The Morgan fingerprint density at radius 2 is 1.97 bits per heavy atom. The number of aromatic carboxylic acids is 1. The number of rotatable bonds is 5. The molecule has 5 nitrogen and oxygen atoms in total. The zero-order valence-corrected chi connectivity index (χ0v) is 16.5. The third-order valence-electron chi connectivity index (χ3n) is 4.25. The van der Waals surface area contributed by atoms with E-state index >= 15 is 0 Å². The summed E-state index contributed by atoms with van der Waals surface area (Å²) < 4.78 is 6.30. The minimum Gasteiger partial charge on any atom is -0.478 e. The van der Waals surface area contributed by atoms with Gasteiger partial charge >= 0.3 is 5.97 Å². The molecular formula is C22H13NO4S2. The Kier molecular flexibility index (Phi) is 5.21. The molecule has 0 bridgehead atoms. The van der Waals surface area contributed by atoms with Crippen LogP contribution in [0, 0.1) is 12.1 Å². The second kappa shape index (κ2) is 7.95. The monoisotopic (exact) mass is 419 g/mol. The Bertz CT molecular complexity index is 1120. The van der Waals surface area contributed by atoms with Gasteiger partial charge in [-0.15, -0.1) is 0 Å². The zero-order valence-electron chi connectivity index (χ0n) is 14.9. The van der Waals surface area contributed by atoms with Gasteiger partial charge in [-0.25, -0.2) is 4.79 Å². The van der Waals surface area contributed by atoms with E-state index in [4.69, 9.17) is 21.7 Å². The normalized spacial score (nSPS) is 15.0. The number of carboxylic acids is 1. The summed E-state index contributed by atoms with van der Waals surface area (Å²) in [6, 6.07) is 21.0. The second-order valence-electron chi connectivity index (χ2n) is 6.19. The van der Waals surface area contributed by atoms with E-state index in [2.05, 4.69) is 12.1 Å². The number of nitrogens with zero attached hydrogens (tertiary/aromatic N) is 1. The molecule has 142 valence electrons. The SMILES string of the molecule is O=C(O)c1ccc(-c2ccc(/C=C3\SC(=S)N(Cc4cc#ccc4)C3=O)o2)cc1. The lowest BCUT2D eigenvalue weighted by Gasteiger charge is -2.13. The molecule has 4 rings (SSSR count). The number of thioether (sulfide) groups is 1. The summed E-state index contributed by atoms with van der Waals surface area (Å²) in [6.07, 6.45) is 1.67. The third kappa shape index (κ3) is 4.09. The quantitative estimate of drug-likeness (QED) is 0.480. The fourth-order valence-corrected chi connectivity index (χ4v) is 4.02. The summed E-state index contributed by atoms with van der Waals surface area (Å²) >= 11 is 6.59. The molecule has 1 fully saturated rings. The van der Waals surface area contributed by atoms with Gasteiger partial charge in [-0.1, -0.05) is 48.2 Å². The molecule has 3 aromatic rings. The Hall–Kier alpha value is -3.34. The summed E-state index contributed by atoms with van der Waals surface area (Å²) in [4.78, 5) is 25.7. The van der Waals surface area contributed by atoms with Crippen LogP contribution in [-0.4, -0.2) is 26.2 Å². The molecule has 2 aromatic carbocycles. The van der Waals surface area contributed by atoms with Gasteiger partial charge in [0.25, 0.3) is 5.91 Å². The summed E-state index contributed by atoms with van der Waals surface area (Å²) in [6.45, 7) is 0.381. The fourth-order valence-electron chi connectivity index (χ4n) is 2.79. The first-order valence-electron chi connectivity index (χ1n) is 8.57. The number of carboxylic acid groups (broad SMARTS) is 1. The van der Waals surface area contributed by atoms with Crippen molar-refractivity contribution < 1.29 is 19.1 Å². The first-order valence-corrected chi connectivity index (χ1v) is 9.79. The van der Waals surface area contributed by atoms with Crippen molar-refractivity contribution in [3.63, 3.8) is 0 Å². The number of benzene rings is 1. The van der Waals surface area contributed by atoms with E-state index < -0.39 is 5.97 Å². The lowest BCUT2D eigenvalue weighted by atomic mass is 10.1. The number of amides is 1. The van der Waals surface area contributed by atoms with Gasteiger partial charge in [0.05, 0.1) is 17.0 Å². The summed E-state index contributed by atoms with van der Waals surface area (Å²) in [7, 11) is 0. The van der Waals surface area contributed by atoms with Crippen molar-refractivity contribution >= 4 is 46.3 Å². The van der Waals surface area contributed by atoms with Crippen LogP contribution in [0.4, 0.5) is 0 Å². The maximum absolute atomic E-state index is 12.7. The van der Waals surface area contributed by atoms with E-state index in [1.807, 2.05) is 6.07 Å². The number of furan rings is 1. The number of carbonyl (C=O) groups is 2. The molecule has 1 aliphatic rings. The molecule has 0 radical (unpaired) electrons. The van der Waals surface area contributed by atoms with Crippen LogP contribution >= 0.6 is 24.0 Å². The number of hydrogen-bond donors (Lipinski definition) is 1. The highest BCUT2D eigenvalue weighted by Gasteiger charge is 2.32. The van der Waals surface area contributed by atoms with Crippen LogP contribution in [0.3, 0.4) is 0 Å². The molecule has 7 heteroatoms. The summed E-state index contributed by atoms with van der Waals surface area (Å²) in [5.41, 5.74) is 1.88. The Morgan fingerprint density at radius 1 is 1.17 bits per heavy atom. The number of thiocarbonyl (C=S) groups is 1. The van der Waals surface area contributed by atoms with E-state index in [1.165, 1.54) is 23.9 Å². The van der Waals surface area contributed by atoms with Crippen LogP contribution in [0.15, 0.2) is 63.9 Å². The average Bonchev–Trinajstić information content (AvgIpc) is 3.29. The van der Waals surface area contributed by atoms with Crippen molar-refractivity contribution in [2.24, 2.45) is 0 Å². The molecule has 1 aromatic heterocycles. The molecule has 1 amide bonds. The molecule has 0 atom stereocenters. The molecule has 1 aliphatic heterocycles. The number of hydrogen-bond acceptors (Lipinski definition) is 5. The van der Waals surface area contributed by atoms with Gasteiger partial charge in [0.2, 0.25) is 0 Å². The highest BCUT2D eigenvalue weighted by molar-refractivity contribution is 8.26. The van der Waals surface area contributed by atoms with Crippen molar-refractivity contribution in [1.29, 1.82) is 0 Å². The van der Waals surface area contributed by atoms with Gasteiger partial charge in [0.15, 0.2) is 0 Å². The lowest BCUT2D eigenvalue weighted by Crippen LogP contribution is -2.27. The summed E-state index contributed by atoms with van der Waals surface area (Å²) in [5, 5.41) is 8.99. The second-order valence-corrected chi connectivity index (χ2v) is 7.87. The van der Waals surface area contributed by atoms with Crippen molar-refractivity contribution in [2.45, 2.75) is 6.54 Å². The van der Waals surface area contributed by atoms with Crippen molar-refractivity contribution in [3.05, 3.63) is 88.5 Å². The molecule has 0 saturated carbocycles. The smallest absolute Gasteiger partial charge is 0.335 e. The standard InChI is InChI=1S/C22H13NO4S2/c24-20-19(29-22(28)23(20)13-14-4-2-1-3-5-14)12-17-10-11-18(27-17)15-6-8-16(9-7-15)21(25)26/h2,4-12H,13H2,(H,25,26)/b19-12-. The molecule has 0 spiro atoms. The van der Waals surface area contributed by atoms with Crippen LogP contribution in [0.25, 0.3) is 17.4 Å². The lowest BCUT2D eigenvalue weighted by molar-refractivity contribution is -0.122. The Labute approximate surface area is 176 Å². The highest BCUT2D eigenvalue weighted by atomic mass is 32.2. The van der Waals surface area contributed by atoms with Crippen LogP contribution in [-0.2, 0) is 11.3 Å². The Morgan fingerprint density at radius 3 is 2.66 bits per heavy atom. The minimum absolute atomic E-state index is 0.170. The zero-order chi connectivity index (χ0) is 20.4. The Balaban J connectivity index is 1.52. The average molecular weight is 419 g/mol. The molecule has 0 unspecified atom stereocenters. The van der Waals surface area contributed by atoms with E-state index in [1.54, 1.807) is 47.4 Å². The predicted molar refractivity (Wildman–Crippen MR) is 114 cm³/mol. The topological polar surface area (TPSA) is 70.8 Å². The van der Waals surface area contributed by atoms with E-state index in [9.17, 15) is 9.59 Å². The fraction of sp³-hybridized carbons (Fsp3) is 0.0455. The number of carbonyl (C=O) groups excluding carboxylic acids is 1. The van der Waals surface area contributed by atoms with Crippen molar-refractivity contribution in [3.8, 4) is 11.3 Å². The predicted octanol–water partition coefficient (Wildman–Crippen LogP) is 4.65. The van der Waals surface area contributed by atoms with E-state index in [0.29, 0.717) is 27.3 Å². The third-order valence-corrected chi connectivity index (χ3v) is 5.63. The van der Waals surface area contributed by atoms with Crippen LogP contribution in [0.2, 0.25) is 0 Å². The maximum atomic E-state index is 12.7. The van der Waals surface area contributed by atoms with Gasteiger partial charge in [0.1, 0.15) is 15.8 Å². The summed E-state index contributed by atoms with van der Waals surface area (Å²) in [5.74, 6) is -0.0491. The van der Waals surface area contributed by atoms with E-state index in [-0.39, 0.29) is 11.5 Å². The van der Waals surface area contributed by atoms with E-state index in [0.717, 1.165) is 11.1 Å². The first kappa shape index (κ1) is 19.0. The molecule has 2 heterocycles. The molecule has 1 N–H and O–H groups in total. The van der Waals surface area contributed by atoms with Crippen LogP contribution in [0.5, 0.6) is 0 Å². The molecule has 29 heavy (non-hydrogen) atoms. The van der Waals surface area contributed by atoms with Crippen molar-refractivity contribution in [1.82, 2.24) is 4.90 Å². The minimum atomic E-state index is -0.981. The highest BCUT2D eigenvalue weighted by Crippen LogP contribution is 2.34. The van der Waals surface area contributed by atoms with Gasteiger partial charge in [-0.2, -0.15) is 0 Å². The molecule has 1 saturated heterocycles. The van der Waals surface area contributed by atoms with Crippen LogP contribution < -0.4 is 0 Å². The first-order chi connectivity index (χ1) is 14.0. The van der Waals surface area contributed by atoms with Gasteiger partial charge in [-0.3, -0.25) is 9.69 Å². The largest absolute Gasteiger partial charge is 0.478 e. The van der Waals surface area contributed by atoms with Crippen molar-refractivity contribution in [2.75, 3.05) is 0 Å². The molecule has 0 aliphatic carbocycles. The molecular weight excluding hydrogens is 406 g/mol. The maximum Gasteiger partial charge on any atom is 0.335 e. The van der Waals surface area contributed by atoms with Crippen LogP contribution in [0.1, 0.15) is 21.7 Å².